The Morgan fingerprint density at radius 2 is 1.67 bits per heavy atom. The summed E-state index contributed by atoms with van der Waals surface area (Å²) in [4.78, 5) is 27.1. The molecule has 7 heteroatoms. The molecule has 2 unspecified atom stereocenters. The van der Waals surface area contributed by atoms with Gasteiger partial charge in [0.1, 0.15) is 0 Å². The second-order valence-electron chi connectivity index (χ2n) is 6.75. The van der Waals surface area contributed by atoms with Gasteiger partial charge < -0.3 is 4.90 Å². The molecule has 1 aliphatic rings. The van der Waals surface area contributed by atoms with Gasteiger partial charge in [0.25, 0.3) is 0 Å². The van der Waals surface area contributed by atoms with Crippen molar-refractivity contribution in [3.63, 3.8) is 0 Å². The molecule has 0 aliphatic carbocycles. The third-order valence-corrected chi connectivity index (χ3v) is 5.24. The van der Waals surface area contributed by atoms with E-state index in [9.17, 15) is 18.0 Å². The zero-order valence-corrected chi connectivity index (χ0v) is 15.9. The van der Waals surface area contributed by atoms with E-state index in [0.29, 0.717) is 13.0 Å². The molecular formula is C20H22N2O4S. The van der Waals surface area contributed by atoms with Gasteiger partial charge in [-0.15, -0.1) is 0 Å². The van der Waals surface area contributed by atoms with E-state index in [1.54, 1.807) is 4.90 Å². The van der Waals surface area contributed by atoms with E-state index in [-0.39, 0.29) is 12.3 Å². The molecule has 6 nitrogen and oxygen atoms in total. The van der Waals surface area contributed by atoms with Crippen LogP contribution >= 0.6 is 0 Å². The van der Waals surface area contributed by atoms with E-state index in [1.807, 2.05) is 60.7 Å². The van der Waals surface area contributed by atoms with Crippen LogP contribution in [0.2, 0.25) is 0 Å². The van der Waals surface area contributed by atoms with Gasteiger partial charge in [0.05, 0.1) is 18.2 Å². The lowest BCUT2D eigenvalue weighted by atomic mass is 9.83. The molecule has 0 bridgehead atoms. The van der Waals surface area contributed by atoms with E-state index >= 15 is 0 Å². The Morgan fingerprint density at radius 3 is 2.26 bits per heavy atom. The number of nitrogens with zero attached hydrogens (tertiary/aromatic N) is 1. The van der Waals surface area contributed by atoms with Gasteiger partial charge in [-0.2, -0.15) is 0 Å². The number of hydrogen-bond acceptors (Lipinski definition) is 4. The molecule has 2 aromatic rings. The Bertz CT molecular complexity index is 914. The number of benzene rings is 2. The highest BCUT2D eigenvalue weighted by Gasteiger charge is 2.41. The van der Waals surface area contributed by atoms with Gasteiger partial charge in [0.15, 0.2) is 0 Å². The fourth-order valence-electron chi connectivity index (χ4n) is 3.51. The maximum Gasteiger partial charge on any atom is 0.238 e. The number of carbonyl (C=O) groups is 2. The molecule has 0 radical (unpaired) electrons. The fourth-order valence-corrected chi connectivity index (χ4v) is 4.03. The Morgan fingerprint density at radius 1 is 1.07 bits per heavy atom. The number of likely N-dealkylation sites (tertiary alicyclic amines) is 1. The highest BCUT2D eigenvalue weighted by atomic mass is 32.2. The summed E-state index contributed by atoms with van der Waals surface area (Å²) in [6, 6.07) is 18.3. The van der Waals surface area contributed by atoms with Gasteiger partial charge in [-0.3, -0.25) is 14.3 Å². The molecule has 3 rings (SSSR count). The zero-order chi connectivity index (χ0) is 19.4. The van der Waals surface area contributed by atoms with Crippen molar-refractivity contribution >= 4 is 21.8 Å². The summed E-state index contributed by atoms with van der Waals surface area (Å²) in [5, 5.41) is 0. The molecule has 2 aromatic carbocycles. The van der Waals surface area contributed by atoms with E-state index in [1.165, 1.54) is 0 Å². The fraction of sp³-hybridized carbons (Fsp3) is 0.300. The monoisotopic (exact) mass is 386 g/mol. The number of carbonyl (C=O) groups excluding carboxylic acids is 2. The number of amides is 2. The molecule has 0 aromatic heterocycles. The van der Waals surface area contributed by atoms with Crippen LogP contribution in [0, 0.1) is 5.92 Å². The predicted molar refractivity (Wildman–Crippen MR) is 102 cm³/mol. The maximum atomic E-state index is 12.7. The van der Waals surface area contributed by atoms with Gasteiger partial charge in [-0.25, -0.2) is 8.42 Å². The maximum absolute atomic E-state index is 12.7. The first-order chi connectivity index (χ1) is 12.8. The van der Waals surface area contributed by atoms with Crippen LogP contribution in [0.3, 0.4) is 0 Å². The minimum absolute atomic E-state index is 0.0453. The van der Waals surface area contributed by atoms with Crippen LogP contribution in [0.25, 0.3) is 0 Å². The molecule has 1 saturated heterocycles. The molecule has 1 fully saturated rings. The highest BCUT2D eigenvalue weighted by molar-refractivity contribution is 7.89. The van der Waals surface area contributed by atoms with Gasteiger partial charge in [0.2, 0.25) is 21.8 Å². The number of nitrogens with one attached hydrogen (secondary N) is 1. The topological polar surface area (TPSA) is 83.5 Å². The largest absolute Gasteiger partial charge is 0.331 e. The predicted octanol–water partition coefficient (Wildman–Crippen LogP) is 2.24. The first-order valence-corrected chi connectivity index (χ1v) is 10.6. The van der Waals surface area contributed by atoms with Crippen molar-refractivity contribution in [1.29, 1.82) is 0 Å². The van der Waals surface area contributed by atoms with Crippen LogP contribution in [-0.4, -0.2) is 31.4 Å². The van der Waals surface area contributed by atoms with Gasteiger partial charge >= 0.3 is 0 Å². The molecule has 27 heavy (non-hydrogen) atoms. The molecule has 0 saturated carbocycles. The number of rotatable bonds is 5. The SMILES string of the molecule is CS(=O)(=O)NC(=O)C1CCC(=O)N(Cc2ccccc2)C1c1ccccc1. The standard InChI is InChI=1S/C20H22N2O4S/c1-27(25,26)21-20(24)17-12-13-18(23)22(14-15-8-4-2-5-9-15)19(17)16-10-6-3-7-11-16/h2-11,17,19H,12-14H2,1H3,(H,21,24). The van der Waals surface area contributed by atoms with Crippen molar-refractivity contribution in [3.8, 4) is 0 Å². The number of hydrogen-bond donors (Lipinski definition) is 1. The molecule has 0 spiro atoms. The number of sulfonamides is 1. The zero-order valence-electron chi connectivity index (χ0n) is 15.0. The highest BCUT2D eigenvalue weighted by Crippen LogP contribution is 2.38. The third-order valence-electron chi connectivity index (χ3n) is 4.67. The van der Waals surface area contributed by atoms with Crippen molar-refractivity contribution in [2.24, 2.45) is 5.92 Å². The van der Waals surface area contributed by atoms with Crippen molar-refractivity contribution in [2.75, 3.05) is 6.26 Å². The summed E-state index contributed by atoms with van der Waals surface area (Å²) in [5.41, 5.74) is 1.77. The van der Waals surface area contributed by atoms with Crippen molar-refractivity contribution in [1.82, 2.24) is 9.62 Å². The summed E-state index contributed by atoms with van der Waals surface area (Å²) in [7, 11) is -3.67. The van der Waals surface area contributed by atoms with Crippen LogP contribution in [-0.2, 0) is 26.2 Å². The summed E-state index contributed by atoms with van der Waals surface area (Å²) >= 11 is 0. The lowest BCUT2D eigenvalue weighted by Crippen LogP contribution is -2.48. The molecule has 2 amide bonds. The summed E-state index contributed by atoms with van der Waals surface area (Å²) in [6.45, 7) is 0.363. The second-order valence-corrected chi connectivity index (χ2v) is 8.49. The third kappa shape index (κ3) is 4.74. The van der Waals surface area contributed by atoms with Crippen molar-refractivity contribution in [2.45, 2.75) is 25.4 Å². The molecule has 1 N–H and O–H groups in total. The van der Waals surface area contributed by atoms with E-state index < -0.39 is 27.9 Å². The number of piperidine rings is 1. The molecule has 1 aliphatic heterocycles. The molecule has 142 valence electrons. The first-order valence-electron chi connectivity index (χ1n) is 8.75. The lowest BCUT2D eigenvalue weighted by molar-refractivity contribution is -0.143. The average molecular weight is 386 g/mol. The lowest BCUT2D eigenvalue weighted by Gasteiger charge is -2.40. The minimum atomic E-state index is -3.67. The Balaban J connectivity index is 1.98. The second kappa shape index (κ2) is 7.92. The van der Waals surface area contributed by atoms with Crippen LogP contribution in [0.1, 0.15) is 30.0 Å². The quantitative estimate of drug-likeness (QED) is 0.854. The summed E-state index contributed by atoms with van der Waals surface area (Å²) in [5.74, 6) is -1.25. The molecule has 2 atom stereocenters. The van der Waals surface area contributed by atoms with Crippen LogP contribution in [0.4, 0.5) is 0 Å². The van der Waals surface area contributed by atoms with E-state index in [4.69, 9.17) is 0 Å². The van der Waals surface area contributed by atoms with Crippen molar-refractivity contribution < 1.29 is 18.0 Å². The molecular weight excluding hydrogens is 364 g/mol. The minimum Gasteiger partial charge on any atom is -0.331 e. The van der Waals surface area contributed by atoms with Crippen molar-refractivity contribution in [3.05, 3.63) is 71.8 Å². The summed E-state index contributed by atoms with van der Waals surface area (Å²) < 4.78 is 25.2. The van der Waals surface area contributed by atoms with Gasteiger partial charge in [-0.05, 0) is 17.5 Å². The normalized spacial score (nSPS) is 20.3. The smallest absolute Gasteiger partial charge is 0.238 e. The van der Waals surface area contributed by atoms with E-state index in [0.717, 1.165) is 17.4 Å². The Kier molecular flexibility index (Phi) is 5.60. The molecule has 1 heterocycles. The van der Waals surface area contributed by atoms with Crippen LogP contribution < -0.4 is 4.72 Å². The van der Waals surface area contributed by atoms with Crippen LogP contribution in [0.5, 0.6) is 0 Å². The van der Waals surface area contributed by atoms with Gasteiger partial charge in [-0.1, -0.05) is 60.7 Å². The van der Waals surface area contributed by atoms with E-state index in [2.05, 4.69) is 4.72 Å². The average Bonchev–Trinajstić information content (AvgIpc) is 2.63. The first kappa shape index (κ1) is 19.1. The Hall–Kier alpha value is -2.67. The summed E-state index contributed by atoms with van der Waals surface area (Å²) in [6.07, 6.45) is 1.47. The van der Waals surface area contributed by atoms with Gasteiger partial charge in [0, 0.05) is 13.0 Å². The van der Waals surface area contributed by atoms with Crippen LogP contribution in [0.15, 0.2) is 60.7 Å². The Labute approximate surface area is 159 Å².